The fraction of sp³-hybridized carbons (Fsp3) is 0.368. The van der Waals surface area contributed by atoms with Crippen LogP contribution in [0.1, 0.15) is 18.5 Å². The number of aryl methyl sites for hydroxylation is 1. The zero-order chi connectivity index (χ0) is 18.1. The molecule has 0 amide bonds. The van der Waals surface area contributed by atoms with Crippen LogP contribution in [0.4, 0.5) is 10.2 Å². The number of rotatable bonds is 3. The van der Waals surface area contributed by atoms with Crippen LogP contribution in [0.25, 0.3) is 10.9 Å². The van der Waals surface area contributed by atoms with Crippen molar-refractivity contribution in [3.63, 3.8) is 0 Å². The second-order valence-electron chi connectivity index (χ2n) is 6.78. The largest absolute Gasteiger partial charge is 0.356 e. The molecule has 0 aliphatic carbocycles. The topological polar surface area (TPSA) is 63.9 Å². The first-order valence-electron chi connectivity index (χ1n) is 8.80. The molecule has 3 aromatic rings. The fourth-order valence-corrected chi connectivity index (χ4v) is 3.52. The number of anilines is 1. The van der Waals surface area contributed by atoms with Crippen molar-refractivity contribution in [2.75, 3.05) is 18.0 Å². The first kappa shape index (κ1) is 16.6. The summed E-state index contributed by atoms with van der Waals surface area (Å²) in [7, 11) is 0. The van der Waals surface area contributed by atoms with Gasteiger partial charge in [-0.1, -0.05) is 0 Å². The van der Waals surface area contributed by atoms with Crippen LogP contribution in [-0.4, -0.2) is 32.8 Å². The summed E-state index contributed by atoms with van der Waals surface area (Å²) in [6.07, 6.45) is 3.39. The second kappa shape index (κ2) is 6.82. The number of benzene rings is 1. The van der Waals surface area contributed by atoms with Gasteiger partial charge in [-0.15, -0.1) is 0 Å². The summed E-state index contributed by atoms with van der Waals surface area (Å²) in [5.41, 5.74) is 1.53. The number of halogens is 1. The van der Waals surface area contributed by atoms with Gasteiger partial charge in [0.1, 0.15) is 18.0 Å². The summed E-state index contributed by atoms with van der Waals surface area (Å²) < 4.78 is 15.2. The van der Waals surface area contributed by atoms with Crippen LogP contribution in [0.15, 0.2) is 41.5 Å². The lowest BCUT2D eigenvalue weighted by Gasteiger charge is -2.33. The Kier molecular flexibility index (Phi) is 4.36. The smallest absolute Gasteiger partial charge is 0.266 e. The van der Waals surface area contributed by atoms with E-state index >= 15 is 0 Å². The van der Waals surface area contributed by atoms with E-state index in [0.29, 0.717) is 12.5 Å². The molecule has 6 nitrogen and oxygen atoms in total. The molecule has 1 aliphatic rings. The highest BCUT2D eigenvalue weighted by molar-refractivity contribution is 5.89. The predicted molar refractivity (Wildman–Crippen MR) is 97.7 cm³/mol. The molecule has 0 spiro atoms. The summed E-state index contributed by atoms with van der Waals surface area (Å²) in [6, 6.07) is 7.89. The molecule has 2 aromatic heterocycles. The zero-order valence-electron chi connectivity index (χ0n) is 14.6. The van der Waals surface area contributed by atoms with Gasteiger partial charge >= 0.3 is 0 Å². The zero-order valence-corrected chi connectivity index (χ0v) is 14.6. The maximum absolute atomic E-state index is 13.6. The Balaban J connectivity index is 1.50. The first-order valence-corrected chi connectivity index (χ1v) is 8.80. The Labute approximate surface area is 150 Å². The van der Waals surface area contributed by atoms with Crippen LogP contribution in [0.5, 0.6) is 0 Å². The highest BCUT2D eigenvalue weighted by atomic mass is 19.1. The number of piperidine rings is 1. The molecule has 0 unspecified atom stereocenters. The van der Waals surface area contributed by atoms with Gasteiger partial charge in [0.2, 0.25) is 0 Å². The van der Waals surface area contributed by atoms with Gasteiger partial charge in [-0.2, -0.15) is 5.10 Å². The minimum Gasteiger partial charge on any atom is -0.356 e. The lowest BCUT2D eigenvalue weighted by atomic mass is 9.96. The van der Waals surface area contributed by atoms with Crippen molar-refractivity contribution in [2.24, 2.45) is 5.92 Å². The molecule has 1 aliphatic heterocycles. The fourth-order valence-electron chi connectivity index (χ4n) is 3.52. The van der Waals surface area contributed by atoms with Crippen molar-refractivity contribution in [3.05, 3.63) is 58.5 Å². The average molecular weight is 353 g/mol. The van der Waals surface area contributed by atoms with Gasteiger partial charge in [0.05, 0.1) is 11.2 Å². The second-order valence-corrected chi connectivity index (χ2v) is 6.78. The SMILES string of the molecule is Cc1ccc(=O)n(CC2CCN(c3ncnc4ccc(F)cc34)CC2)n1. The quantitative estimate of drug-likeness (QED) is 0.724. The standard InChI is InChI=1S/C19H20FN5O/c1-13-2-5-18(26)25(23-13)11-14-6-8-24(9-7-14)19-16-10-15(20)3-4-17(16)21-12-22-19/h2-5,10,12,14H,6-9,11H2,1H3. The molecule has 0 N–H and O–H groups in total. The summed E-state index contributed by atoms with van der Waals surface area (Å²) in [6.45, 7) is 4.15. The Bertz CT molecular complexity index is 995. The van der Waals surface area contributed by atoms with Crippen LogP contribution in [-0.2, 0) is 6.54 Å². The highest BCUT2D eigenvalue weighted by Gasteiger charge is 2.22. The molecule has 0 bridgehead atoms. The number of hydrogen-bond donors (Lipinski definition) is 0. The predicted octanol–water partition coefficient (Wildman–Crippen LogP) is 2.55. The van der Waals surface area contributed by atoms with Crippen LogP contribution in [0.2, 0.25) is 0 Å². The van der Waals surface area contributed by atoms with Crippen molar-refractivity contribution in [2.45, 2.75) is 26.3 Å². The normalized spacial score (nSPS) is 15.5. The molecular formula is C19H20FN5O. The van der Waals surface area contributed by atoms with E-state index in [2.05, 4.69) is 20.0 Å². The Hall–Kier alpha value is -2.83. The van der Waals surface area contributed by atoms with Gasteiger partial charge in [-0.3, -0.25) is 4.79 Å². The maximum atomic E-state index is 13.6. The summed E-state index contributed by atoms with van der Waals surface area (Å²) in [5.74, 6) is 0.884. The summed E-state index contributed by atoms with van der Waals surface area (Å²) >= 11 is 0. The summed E-state index contributed by atoms with van der Waals surface area (Å²) in [5, 5.41) is 5.06. The van der Waals surface area contributed by atoms with Gasteiger partial charge < -0.3 is 4.90 Å². The molecule has 134 valence electrons. The molecule has 1 fully saturated rings. The van der Waals surface area contributed by atoms with Crippen LogP contribution < -0.4 is 10.5 Å². The molecule has 3 heterocycles. The van der Waals surface area contributed by atoms with E-state index in [0.717, 1.165) is 48.3 Å². The lowest BCUT2D eigenvalue weighted by Crippen LogP contribution is -2.37. The van der Waals surface area contributed by atoms with Crippen molar-refractivity contribution in [1.29, 1.82) is 0 Å². The Morgan fingerprint density at radius 3 is 2.77 bits per heavy atom. The van der Waals surface area contributed by atoms with Crippen LogP contribution >= 0.6 is 0 Å². The van der Waals surface area contributed by atoms with E-state index in [9.17, 15) is 9.18 Å². The number of nitrogens with zero attached hydrogens (tertiary/aromatic N) is 5. The van der Waals surface area contributed by atoms with E-state index in [1.165, 1.54) is 18.5 Å². The number of aromatic nitrogens is 4. The number of fused-ring (bicyclic) bond motifs is 1. The monoisotopic (exact) mass is 353 g/mol. The third-order valence-electron chi connectivity index (χ3n) is 4.92. The van der Waals surface area contributed by atoms with Crippen molar-refractivity contribution in [1.82, 2.24) is 19.7 Å². The molecule has 26 heavy (non-hydrogen) atoms. The summed E-state index contributed by atoms with van der Waals surface area (Å²) in [4.78, 5) is 22.7. The number of hydrogen-bond acceptors (Lipinski definition) is 5. The molecule has 4 rings (SSSR count). The van der Waals surface area contributed by atoms with Crippen LogP contribution in [0.3, 0.4) is 0 Å². The third kappa shape index (κ3) is 3.29. The van der Waals surface area contributed by atoms with Crippen molar-refractivity contribution < 1.29 is 4.39 Å². The van der Waals surface area contributed by atoms with Gasteiger partial charge in [-0.25, -0.2) is 19.0 Å². The van der Waals surface area contributed by atoms with E-state index < -0.39 is 0 Å². The molecule has 0 saturated carbocycles. The highest BCUT2D eigenvalue weighted by Crippen LogP contribution is 2.28. The Morgan fingerprint density at radius 1 is 1.15 bits per heavy atom. The van der Waals surface area contributed by atoms with Crippen molar-refractivity contribution in [3.8, 4) is 0 Å². The lowest BCUT2D eigenvalue weighted by molar-refractivity contribution is 0.333. The molecule has 7 heteroatoms. The Morgan fingerprint density at radius 2 is 1.96 bits per heavy atom. The first-order chi connectivity index (χ1) is 12.6. The van der Waals surface area contributed by atoms with Gasteiger partial charge in [-0.05, 0) is 49.9 Å². The average Bonchev–Trinajstić information content (AvgIpc) is 2.65. The molecule has 0 radical (unpaired) electrons. The van der Waals surface area contributed by atoms with Gasteiger partial charge in [0.15, 0.2) is 0 Å². The molecular weight excluding hydrogens is 333 g/mol. The van der Waals surface area contributed by atoms with E-state index in [1.54, 1.807) is 22.9 Å². The third-order valence-corrected chi connectivity index (χ3v) is 4.92. The molecule has 1 aromatic carbocycles. The van der Waals surface area contributed by atoms with Crippen LogP contribution in [0, 0.1) is 18.7 Å². The van der Waals surface area contributed by atoms with Crippen molar-refractivity contribution >= 4 is 16.7 Å². The minimum atomic E-state index is -0.284. The minimum absolute atomic E-state index is 0.0599. The molecule has 0 atom stereocenters. The van der Waals surface area contributed by atoms with Gasteiger partial charge in [0.25, 0.3) is 5.56 Å². The van der Waals surface area contributed by atoms with E-state index in [-0.39, 0.29) is 11.4 Å². The van der Waals surface area contributed by atoms with E-state index in [1.807, 2.05) is 6.92 Å². The molecule has 1 saturated heterocycles. The van der Waals surface area contributed by atoms with E-state index in [4.69, 9.17) is 0 Å². The maximum Gasteiger partial charge on any atom is 0.266 e. The van der Waals surface area contributed by atoms with Gasteiger partial charge in [0, 0.05) is 31.1 Å².